The number of thiophene rings is 1. The molecule has 0 amide bonds. The molecule has 1 aromatic rings. The Morgan fingerprint density at radius 2 is 2.38 bits per heavy atom. The summed E-state index contributed by atoms with van der Waals surface area (Å²) in [6, 6.07) is 2.07. The number of hydrogen-bond acceptors (Lipinski definition) is 3. The molecule has 13 heavy (non-hydrogen) atoms. The zero-order valence-corrected chi connectivity index (χ0v) is 9.06. The molecule has 1 rings (SSSR count). The smallest absolute Gasteiger partial charge is 0.0725 e. The monoisotopic (exact) mass is 199 g/mol. The van der Waals surface area contributed by atoms with E-state index in [-0.39, 0.29) is 5.54 Å². The van der Waals surface area contributed by atoms with Crippen LogP contribution in [-0.4, -0.2) is 12.1 Å². The Kier molecular flexibility index (Phi) is 3.90. The van der Waals surface area contributed by atoms with Crippen LogP contribution in [0.25, 0.3) is 0 Å². The highest BCUT2D eigenvalue weighted by Gasteiger charge is 2.15. The molecule has 0 aliphatic carbocycles. The van der Waals surface area contributed by atoms with E-state index in [2.05, 4.69) is 23.8 Å². The van der Waals surface area contributed by atoms with Gasteiger partial charge in [0.25, 0.3) is 0 Å². The topological polar surface area (TPSA) is 35.2 Å². The van der Waals surface area contributed by atoms with E-state index < -0.39 is 0 Å². The third kappa shape index (κ3) is 3.89. The Morgan fingerprint density at radius 3 is 2.92 bits per heavy atom. The first-order chi connectivity index (χ1) is 6.14. The molecule has 0 aliphatic rings. The second-order valence-corrected chi connectivity index (χ2v) is 4.41. The molecule has 0 aliphatic heterocycles. The predicted octanol–water partition coefficient (Wildman–Crippen LogP) is 2.39. The average molecular weight is 199 g/mol. The summed E-state index contributed by atoms with van der Waals surface area (Å²) in [5.41, 5.74) is 6.98. The summed E-state index contributed by atoms with van der Waals surface area (Å²) in [4.78, 5) is 0. The lowest BCUT2D eigenvalue weighted by molar-refractivity contribution is 0.0779. The molecule has 0 fully saturated rings. The van der Waals surface area contributed by atoms with E-state index in [9.17, 15) is 0 Å². The van der Waals surface area contributed by atoms with Crippen LogP contribution in [0, 0.1) is 0 Å². The summed E-state index contributed by atoms with van der Waals surface area (Å²) in [5.74, 6) is 0. The fourth-order valence-electron chi connectivity index (χ4n) is 0.879. The largest absolute Gasteiger partial charge is 0.375 e. The van der Waals surface area contributed by atoms with Gasteiger partial charge in [0.1, 0.15) is 0 Å². The van der Waals surface area contributed by atoms with Crippen molar-refractivity contribution in [2.45, 2.75) is 32.4 Å². The zero-order valence-electron chi connectivity index (χ0n) is 8.25. The third-order valence-electron chi connectivity index (χ3n) is 2.09. The molecule has 2 N–H and O–H groups in total. The lowest BCUT2D eigenvalue weighted by atomic mass is 10.0. The standard InChI is InChI=1S/C10H17NOS/c1-3-10(2,11)8-12-6-9-4-5-13-7-9/h4-5,7H,3,6,8,11H2,1-2H3. The number of rotatable bonds is 5. The van der Waals surface area contributed by atoms with Crippen LogP contribution < -0.4 is 5.73 Å². The molecule has 0 spiro atoms. The van der Waals surface area contributed by atoms with Crippen molar-refractivity contribution < 1.29 is 4.74 Å². The Labute approximate surface area is 83.7 Å². The van der Waals surface area contributed by atoms with Gasteiger partial charge in [-0.3, -0.25) is 0 Å². The van der Waals surface area contributed by atoms with Crippen LogP contribution in [0.15, 0.2) is 16.8 Å². The highest BCUT2D eigenvalue weighted by atomic mass is 32.1. The average Bonchev–Trinajstić information content (AvgIpc) is 2.57. The molecule has 0 saturated carbocycles. The molecule has 2 nitrogen and oxygen atoms in total. The fraction of sp³-hybridized carbons (Fsp3) is 0.600. The van der Waals surface area contributed by atoms with Gasteiger partial charge >= 0.3 is 0 Å². The van der Waals surface area contributed by atoms with Crippen molar-refractivity contribution >= 4 is 11.3 Å². The van der Waals surface area contributed by atoms with Crippen LogP contribution in [0.1, 0.15) is 25.8 Å². The SMILES string of the molecule is CCC(C)(N)COCc1ccsc1. The number of ether oxygens (including phenoxy) is 1. The summed E-state index contributed by atoms with van der Waals surface area (Å²) in [6.45, 7) is 5.39. The van der Waals surface area contributed by atoms with Gasteiger partial charge < -0.3 is 10.5 Å². The van der Waals surface area contributed by atoms with E-state index in [4.69, 9.17) is 10.5 Å². The molecule has 1 atom stereocenters. The van der Waals surface area contributed by atoms with Crippen LogP contribution in [0.4, 0.5) is 0 Å². The Bertz CT molecular complexity index is 231. The van der Waals surface area contributed by atoms with Gasteiger partial charge in [0.05, 0.1) is 13.2 Å². The van der Waals surface area contributed by atoms with Crippen molar-refractivity contribution in [3.8, 4) is 0 Å². The van der Waals surface area contributed by atoms with Crippen molar-refractivity contribution in [1.29, 1.82) is 0 Å². The highest BCUT2D eigenvalue weighted by molar-refractivity contribution is 7.07. The first-order valence-corrected chi connectivity index (χ1v) is 5.46. The Balaban J connectivity index is 2.21. The lowest BCUT2D eigenvalue weighted by Gasteiger charge is -2.22. The second kappa shape index (κ2) is 4.74. The minimum atomic E-state index is -0.185. The van der Waals surface area contributed by atoms with E-state index in [1.54, 1.807) is 11.3 Å². The molecule has 0 bridgehead atoms. The van der Waals surface area contributed by atoms with Gasteiger partial charge in [-0.05, 0) is 35.7 Å². The second-order valence-electron chi connectivity index (χ2n) is 3.63. The van der Waals surface area contributed by atoms with Gasteiger partial charge in [-0.1, -0.05) is 6.92 Å². The first-order valence-electron chi connectivity index (χ1n) is 4.52. The molecule has 74 valence electrons. The van der Waals surface area contributed by atoms with Gasteiger partial charge in [0.2, 0.25) is 0 Å². The predicted molar refractivity (Wildman–Crippen MR) is 56.9 cm³/mol. The molecule has 1 unspecified atom stereocenters. The number of nitrogens with two attached hydrogens (primary N) is 1. The quantitative estimate of drug-likeness (QED) is 0.790. The Morgan fingerprint density at radius 1 is 1.62 bits per heavy atom. The van der Waals surface area contributed by atoms with Crippen LogP contribution in [0.2, 0.25) is 0 Å². The highest BCUT2D eigenvalue weighted by Crippen LogP contribution is 2.10. The lowest BCUT2D eigenvalue weighted by Crippen LogP contribution is -2.40. The molecule has 0 aromatic carbocycles. The molecule has 0 radical (unpaired) electrons. The van der Waals surface area contributed by atoms with Gasteiger partial charge in [0, 0.05) is 5.54 Å². The normalized spacial score (nSPS) is 15.6. The van der Waals surface area contributed by atoms with Crippen molar-refractivity contribution in [1.82, 2.24) is 0 Å². The Hall–Kier alpha value is -0.380. The van der Waals surface area contributed by atoms with E-state index in [0.29, 0.717) is 13.2 Å². The van der Waals surface area contributed by atoms with Crippen LogP contribution in [0.5, 0.6) is 0 Å². The van der Waals surface area contributed by atoms with E-state index >= 15 is 0 Å². The third-order valence-corrected chi connectivity index (χ3v) is 2.82. The maximum Gasteiger partial charge on any atom is 0.0725 e. The van der Waals surface area contributed by atoms with Crippen LogP contribution >= 0.6 is 11.3 Å². The maximum atomic E-state index is 5.93. The molecular formula is C10H17NOS. The summed E-state index contributed by atoms with van der Waals surface area (Å²) in [7, 11) is 0. The first kappa shape index (κ1) is 10.7. The minimum absolute atomic E-state index is 0.185. The molecule has 3 heteroatoms. The van der Waals surface area contributed by atoms with Gasteiger partial charge in [-0.15, -0.1) is 0 Å². The van der Waals surface area contributed by atoms with Crippen molar-refractivity contribution in [2.24, 2.45) is 5.73 Å². The van der Waals surface area contributed by atoms with Crippen molar-refractivity contribution in [3.05, 3.63) is 22.4 Å². The van der Waals surface area contributed by atoms with Crippen LogP contribution in [-0.2, 0) is 11.3 Å². The fourth-order valence-corrected chi connectivity index (χ4v) is 1.53. The van der Waals surface area contributed by atoms with Crippen LogP contribution in [0.3, 0.4) is 0 Å². The van der Waals surface area contributed by atoms with Gasteiger partial charge in [0.15, 0.2) is 0 Å². The van der Waals surface area contributed by atoms with E-state index in [0.717, 1.165) is 6.42 Å². The number of hydrogen-bond donors (Lipinski definition) is 1. The maximum absolute atomic E-state index is 5.93. The van der Waals surface area contributed by atoms with Crippen molar-refractivity contribution in [2.75, 3.05) is 6.61 Å². The van der Waals surface area contributed by atoms with Crippen molar-refractivity contribution in [3.63, 3.8) is 0 Å². The molecule has 0 saturated heterocycles. The summed E-state index contributed by atoms with van der Waals surface area (Å²) in [5, 5.41) is 4.15. The summed E-state index contributed by atoms with van der Waals surface area (Å²) < 4.78 is 5.52. The van der Waals surface area contributed by atoms with E-state index in [1.165, 1.54) is 5.56 Å². The van der Waals surface area contributed by atoms with E-state index in [1.807, 2.05) is 6.92 Å². The molecule has 1 aromatic heterocycles. The zero-order chi connectivity index (χ0) is 9.73. The summed E-state index contributed by atoms with van der Waals surface area (Å²) in [6.07, 6.45) is 0.941. The summed E-state index contributed by atoms with van der Waals surface area (Å²) >= 11 is 1.69. The van der Waals surface area contributed by atoms with Gasteiger partial charge in [-0.2, -0.15) is 11.3 Å². The minimum Gasteiger partial charge on any atom is -0.375 e. The molecular weight excluding hydrogens is 182 g/mol. The molecule has 1 heterocycles. The van der Waals surface area contributed by atoms with Gasteiger partial charge in [-0.25, -0.2) is 0 Å².